The van der Waals surface area contributed by atoms with Crippen LogP contribution >= 0.6 is 23.2 Å². The Morgan fingerprint density at radius 1 is 0.821 bits per heavy atom. The Morgan fingerprint density at radius 2 is 1.13 bits per heavy atom. The summed E-state index contributed by atoms with van der Waals surface area (Å²) in [4.78, 5) is 18.5. The molecule has 0 spiro atoms. The number of carbonyl (C=O) groups is 1. The van der Waals surface area contributed by atoms with Crippen LogP contribution in [0.2, 0.25) is 10.0 Å². The zero-order valence-corrected chi connectivity index (χ0v) is 26.5. The maximum atomic E-state index is 10.8. The molecule has 0 bridgehead atoms. The molecule has 0 heterocycles. The third kappa shape index (κ3) is 10.5. The van der Waals surface area contributed by atoms with Gasteiger partial charge in [0.2, 0.25) is 0 Å². The molecule has 2 atom stereocenters. The van der Waals surface area contributed by atoms with Gasteiger partial charge in [0, 0.05) is 68.1 Å². The summed E-state index contributed by atoms with van der Waals surface area (Å²) in [6.07, 6.45) is 7.45. The van der Waals surface area contributed by atoms with Gasteiger partial charge in [0.1, 0.15) is 11.5 Å². The number of nitrogens with zero attached hydrogens (tertiary/aromatic N) is 2. The second-order valence-corrected chi connectivity index (χ2v) is 12.6. The van der Waals surface area contributed by atoms with Gasteiger partial charge in [0.25, 0.3) is 0 Å². The normalized spacial score (nSPS) is 18.0. The number of hydrogen-bond donors (Lipinski definition) is 2. The van der Waals surface area contributed by atoms with Crippen molar-refractivity contribution < 1.29 is 37.5 Å². The van der Waals surface area contributed by atoms with Crippen LogP contribution in [0.3, 0.4) is 0 Å². The van der Waals surface area contributed by atoms with E-state index in [0.717, 1.165) is 43.7 Å². The predicted molar refractivity (Wildman–Crippen MR) is 156 cm³/mol. The van der Waals surface area contributed by atoms with Gasteiger partial charge in [-0.2, -0.15) is 0 Å². The number of phenols is 2. The number of carbonyl (C=O) groups excluding carboxylic acids is 1. The van der Waals surface area contributed by atoms with Gasteiger partial charge in [0.15, 0.2) is 0 Å². The fourth-order valence-corrected chi connectivity index (χ4v) is 4.83. The topological polar surface area (TPSA) is 105 Å². The molecular weight excluding hydrogens is 575 g/mol. The third-order valence-electron chi connectivity index (χ3n) is 6.33. The standard InChI is InChI=1S/C28H36Cl2N2O2.C2H4O2.Cr/c1-27(2,3)21-13-19(29)11-17(25(21)33)15-31-23-9-7-8-10-24(23)32-16-18-12-20(30)14-22(26(18)34)28(4,5)6;1-2(3)4;/h11-16,23-24,33-34H,7-10H2,1-6H3;1H3,(H,3,4);/p-1. The molecule has 1 aliphatic rings. The Morgan fingerprint density at radius 3 is 1.41 bits per heavy atom. The van der Waals surface area contributed by atoms with E-state index in [4.69, 9.17) is 43.1 Å². The average molecular weight is 615 g/mol. The van der Waals surface area contributed by atoms with Crippen molar-refractivity contribution in [1.82, 2.24) is 0 Å². The summed E-state index contributed by atoms with van der Waals surface area (Å²) in [5.41, 5.74) is 2.36. The van der Waals surface area contributed by atoms with Gasteiger partial charge >= 0.3 is 0 Å². The molecule has 1 aliphatic carbocycles. The van der Waals surface area contributed by atoms with Crippen molar-refractivity contribution in [1.29, 1.82) is 0 Å². The Kier molecular flexibility index (Phi) is 13.1. The molecule has 0 radical (unpaired) electrons. The molecule has 0 saturated heterocycles. The number of carboxylic acids is 1. The molecule has 2 unspecified atom stereocenters. The summed E-state index contributed by atoms with van der Waals surface area (Å²) in [5.74, 6) is -0.648. The molecule has 39 heavy (non-hydrogen) atoms. The number of rotatable bonds is 4. The molecule has 1 fully saturated rings. The molecular formula is C30H39Cl2CrN2O4-. The fraction of sp³-hybridized carbons (Fsp3) is 0.500. The van der Waals surface area contributed by atoms with Crippen molar-refractivity contribution in [2.24, 2.45) is 9.98 Å². The van der Waals surface area contributed by atoms with E-state index in [1.54, 1.807) is 24.6 Å². The maximum absolute atomic E-state index is 10.8. The smallest absolute Gasteiger partial charge is 0.128 e. The maximum Gasteiger partial charge on any atom is 0.128 e. The van der Waals surface area contributed by atoms with E-state index in [9.17, 15) is 10.2 Å². The van der Waals surface area contributed by atoms with Crippen molar-refractivity contribution in [2.75, 3.05) is 0 Å². The van der Waals surface area contributed by atoms with Gasteiger partial charge in [-0.25, -0.2) is 0 Å². The predicted octanol–water partition coefficient (Wildman–Crippen LogP) is 6.60. The Balaban J connectivity index is 0.00000142. The number of phenolic OH excluding ortho intramolecular Hbond substituents is 2. The summed E-state index contributed by atoms with van der Waals surface area (Å²) in [7, 11) is 0. The van der Waals surface area contributed by atoms with E-state index in [-0.39, 0.29) is 51.8 Å². The fourth-order valence-electron chi connectivity index (χ4n) is 4.37. The van der Waals surface area contributed by atoms with Gasteiger partial charge in [-0.1, -0.05) is 77.6 Å². The number of carboxylic acid groups (broad SMARTS) is 1. The first-order valence-electron chi connectivity index (χ1n) is 12.8. The van der Waals surface area contributed by atoms with E-state index >= 15 is 0 Å². The second kappa shape index (κ2) is 14.6. The van der Waals surface area contributed by atoms with Gasteiger partial charge in [-0.3, -0.25) is 9.98 Å². The number of aliphatic carboxylic acids is 1. The zero-order valence-electron chi connectivity index (χ0n) is 23.7. The van der Waals surface area contributed by atoms with Crippen LogP contribution in [0, 0.1) is 0 Å². The molecule has 0 aromatic heterocycles. The minimum atomic E-state index is -1.08. The number of aromatic hydroxyl groups is 2. The van der Waals surface area contributed by atoms with Crippen molar-refractivity contribution in [3.8, 4) is 11.5 Å². The number of aliphatic imine (C=N–C) groups is 2. The zero-order chi connectivity index (χ0) is 28.8. The third-order valence-corrected chi connectivity index (χ3v) is 6.76. The molecule has 0 amide bonds. The van der Waals surface area contributed by atoms with Crippen molar-refractivity contribution in [3.63, 3.8) is 0 Å². The van der Waals surface area contributed by atoms with Gasteiger partial charge in [-0.15, -0.1) is 0 Å². The van der Waals surface area contributed by atoms with Crippen LogP contribution in [0.1, 0.15) is 96.4 Å². The largest absolute Gasteiger partial charge is 0.550 e. The Labute approximate surface area is 253 Å². The molecule has 3 rings (SSSR count). The Bertz CT molecular complexity index is 1110. The van der Waals surface area contributed by atoms with Crippen LogP contribution < -0.4 is 5.11 Å². The van der Waals surface area contributed by atoms with Gasteiger partial charge in [0.05, 0.1) is 12.1 Å². The first kappa shape index (κ1) is 35.0. The van der Waals surface area contributed by atoms with Gasteiger partial charge < -0.3 is 20.1 Å². The van der Waals surface area contributed by atoms with Crippen LogP contribution in [0.15, 0.2) is 34.3 Å². The minimum absolute atomic E-state index is 0. The van der Waals surface area contributed by atoms with Crippen molar-refractivity contribution in [2.45, 2.75) is 97.1 Å². The SMILES string of the molecule is CC(=O)[O-].CC(C)(C)c1cc(Cl)cc(C=NC2CCCCC2N=Cc2cc(Cl)cc(C(C)(C)C)c2O)c1O.[Cr]. The first-order chi connectivity index (χ1) is 17.5. The van der Waals surface area contributed by atoms with Crippen LogP contribution in [0.25, 0.3) is 0 Å². The quantitative estimate of drug-likeness (QED) is 0.379. The van der Waals surface area contributed by atoms with E-state index in [1.807, 2.05) is 53.7 Å². The molecule has 6 nitrogen and oxygen atoms in total. The number of halogens is 2. The minimum Gasteiger partial charge on any atom is -0.550 e. The van der Waals surface area contributed by atoms with Crippen molar-refractivity contribution in [3.05, 3.63) is 56.6 Å². The van der Waals surface area contributed by atoms with E-state index in [1.165, 1.54) is 0 Å². The second-order valence-electron chi connectivity index (χ2n) is 11.7. The van der Waals surface area contributed by atoms with E-state index in [0.29, 0.717) is 21.2 Å². The van der Waals surface area contributed by atoms with Crippen LogP contribution in [-0.2, 0) is 33.0 Å². The molecule has 9 heteroatoms. The molecule has 2 aromatic rings. The summed E-state index contributed by atoms with van der Waals surface area (Å²) in [6, 6.07) is 7.09. The van der Waals surface area contributed by atoms with E-state index in [2.05, 4.69) is 0 Å². The number of hydrogen-bond acceptors (Lipinski definition) is 6. The average Bonchev–Trinajstić information content (AvgIpc) is 2.78. The summed E-state index contributed by atoms with van der Waals surface area (Å²) in [6.45, 7) is 13.2. The van der Waals surface area contributed by atoms with Crippen LogP contribution in [0.5, 0.6) is 11.5 Å². The van der Waals surface area contributed by atoms with E-state index < -0.39 is 5.97 Å². The molecule has 214 valence electrons. The van der Waals surface area contributed by atoms with Crippen molar-refractivity contribution >= 4 is 41.6 Å². The first-order valence-corrected chi connectivity index (χ1v) is 13.6. The van der Waals surface area contributed by atoms with Crippen LogP contribution in [0.4, 0.5) is 0 Å². The van der Waals surface area contributed by atoms with Gasteiger partial charge in [-0.05, 0) is 54.9 Å². The molecule has 2 aromatic carbocycles. The molecule has 0 aliphatic heterocycles. The Hall–Kier alpha value is -2.04. The molecule has 1 saturated carbocycles. The summed E-state index contributed by atoms with van der Waals surface area (Å²) in [5, 5.41) is 31.7. The summed E-state index contributed by atoms with van der Waals surface area (Å²) >= 11 is 12.7. The molecule has 2 N–H and O–H groups in total. The summed E-state index contributed by atoms with van der Waals surface area (Å²) < 4.78 is 0. The van der Waals surface area contributed by atoms with Crippen LogP contribution in [-0.4, -0.2) is 40.7 Å². The monoisotopic (exact) mass is 613 g/mol. The number of benzene rings is 2.